The van der Waals surface area contributed by atoms with Crippen LogP contribution in [0.3, 0.4) is 0 Å². The summed E-state index contributed by atoms with van der Waals surface area (Å²) in [5.41, 5.74) is -0.486. The fourth-order valence-corrected chi connectivity index (χ4v) is 3.73. The highest BCUT2D eigenvalue weighted by molar-refractivity contribution is 5.72. The highest BCUT2D eigenvalue weighted by Crippen LogP contribution is 2.29. The van der Waals surface area contributed by atoms with E-state index in [1.165, 1.54) is 7.11 Å². The molecule has 6 heteroatoms. The number of ether oxygens (including phenoxy) is 3. The summed E-state index contributed by atoms with van der Waals surface area (Å²) >= 11 is 0. The summed E-state index contributed by atoms with van der Waals surface area (Å²) < 4.78 is 16.4. The van der Waals surface area contributed by atoms with E-state index in [2.05, 4.69) is 6.92 Å². The molecule has 2 fully saturated rings. The minimum absolute atomic E-state index is 0.00890. The zero-order valence-electron chi connectivity index (χ0n) is 16.2. The quantitative estimate of drug-likeness (QED) is 0.723. The number of likely N-dealkylation sites (tertiary alicyclic amines) is 1. The van der Waals surface area contributed by atoms with Crippen LogP contribution in [0.1, 0.15) is 59.8 Å². The van der Waals surface area contributed by atoms with E-state index in [9.17, 15) is 9.59 Å². The second kappa shape index (κ2) is 8.39. The van der Waals surface area contributed by atoms with Crippen molar-refractivity contribution in [2.45, 2.75) is 77.5 Å². The van der Waals surface area contributed by atoms with E-state index in [0.717, 1.165) is 38.6 Å². The van der Waals surface area contributed by atoms with Crippen molar-refractivity contribution in [1.29, 1.82) is 0 Å². The monoisotopic (exact) mass is 355 g/mol. The molecule has 25 heavy (non-hydrogen) atoms. The van der Waals surface area contributed by atoms with Gasteiger partial charge in [0.1, 0.15) is 5.60 Å². The first-order valence-electron chi connectivity index (χ1n) is 9.38. The maximum Gasteiger partial charge on any atom is 0.410 e. The van der Waals surface area contributed by atoms with Crippen LogP contribution in [0.25, 0.3) is 0 Å². The highest BCUT2D eigenvalue weighted by atomic mass is 16.6. The molecule has 1 aliphatic carbocycles. The Labute approximate surface area is 151 Å². The summed E-state index contributed by atoms with van der Waals surface area (Å²) in [7, 11) is 1.44. The zero-order valence-corrected chi connectivity index (χ0v) is 16.2. The molecule has 1 saturated carbocycles. The van der Waals surface area contributed by atoms with Gasteiger partial charge in [0.05, 0.1) is 31.8 Å². The Kier molecular flexibility index (Phi) is 6.72. The lowest BCUT2D eigenvalue weighted by atomic mass is 9.87. The Bertz CT molecular complexity index is 465. The van der Waals surface area contributed by atoms with Crippen molar-refractivity contribution in [3.8, 4) is 0 Å². The van der Waals surface area contributed by atoms with Gasteiger partial charge in [0, 0.05) is 6.54 Å². The number of amides is 1. The molecule has 2 atom stereocenters. The second-order valence-corrected chi connectivity index (χ2v) is 8.46. The lowest BCUT2D eigenvalue weighted by Gasteiger charge is -2.31. The van der Waals surface area contributed by atoms with Gasteiger partial charge in [0.2, 0.25) is 0 Å². The molecule has 0 radical (unpaired) electrons. The molecule has 0 aromatic heterocycles. The molecule has 6 nitrogen and oxygen atoms in total. The average Bonchev–Trinajstić information content (AvgIpc) is 2.92. The standard InChI is InChI=1S/C19H33NO5/c1-13-10-15(20(11-13)18(22)25-19(2,3)4)12-24-16-8-6-14(7-9-16)17(21)23-5/h13-16H,6-12H2,1-5H3/t13-,14?,15-,16?/m0/s1. The number of rotatable bonds is 4. The molecule has 0 aromatic carbocycles. The van der Waals surface area contributed by atoms with E-state index in [0.29, 0.717) is 12.5 Å². The Morgan fingerprint density at radius 3 is 2.32 bits per heavy atom. The summed E-state index contributed by atoms with van der Waals surface area (Å²) in [5, 5.41) is 0. The number of carbonyl (C=O) groups is 2. The van der Waals surface area contributed by atoms with E-state index in [-0.39, 0.29) is 30.1 Å². The molecule has 0 aromatic rings. The van der Waals surface area contributed by atoms with E-state index in [1.54, 1.807) is 0 Å². The van der Waals surface area contributed by atoms with Crippen molar-refractivity contribution in [2.24, 2.45) is 11.8 Å². The maximum absolute atomic E-state index is 12.4. The largest absolute Gasteiger partial charge is 0.469 e. The van der Waals surface area contributed by atoms with Crippen LogP contribution in [0.2, 0.25) is 0 Å². The predicted octanol–water partition coefficient (Wildman–Crippen LogP) is 3.38. The topological polar surface area (TPSA) is 65.1 Å². The van der Waals surface area contributed by atoms with Gasteiger partial charge in [-0.15, -0.1) is 0 Å². The van der Waals surface area contributed by atoms with Crippen LogP contribution in [0.4, 0.5) is 4.79 Å². The Morgan fingerprint density at radius 1 is 1.12 bits per heavy atom. The number of methoxy groups -OCH3 is 1. The Morgan fingerprint density at radius 2 is 1.76 bits per heavy atom. The lowest BCUT2D eigenvalue weighted by molar-refractivity contribution is -0.147. The van der Waals surface area contributed by atoms with Gasteiger partial charge in [-0.1, -0.05) is 6.92 Å². The third-order valence-electron chi connectivity index (χ3n) is 4.98. The third kappa shape index (κ3) is 5.87. The van der Waals surface area contributed by atoms with E-state index >= 15 is 0 Å². The number of hydrogen-bond acceptors (Lipinski definition) is 5. The normalized spacial score (nSPS) is 30.2. The van der Waals surface area contributed by atoms with Gasteiger partial charge in [-0.3, -0.25) is 4.79 Å². The molecule has 1 amide bonds. The summed E-state index contributed by atoms with van der Waals surface area (Å²) in [4.78, 5) is 25.8. The van der Waals surface area contributed by atoms with Crippen molar-refractivity contribution < 1.29 is 23.8 Å². The van der Waals surface area contributed by atoms with Gasteiger partial charge in [0.25, 0.3) is 0 Å². The van der Waals surface area contributed by atoms with Crippen molar-refractivity contribution in [3.63, 3.8) is 0 Å². The molecule has 0 spiro atoms. The summed E-state index contributed by atoms with van der Waals surface area (Å²) in [6.07, 6.45) is 4.22. The predicted molar refractivity (Wildman–Crippen MR) is 94.2 cm³/mol. The highest BCUT2D eigenvalue weighted by Gasteiger charge is 2.36. The Balaban J connectivity index is 1.81. The average molecular weight is 355 g/mol. The van der Waals surface area contributed by atoms with Gasteiger partial charge in [-0.05, 0) is 58.8 Å². The summed E-state index contributed by atoms with van der Waals surface area (Å²) in [5.74, 6) is 0.352. The zero-order chi connectivity index (χ0) is 18.6. The van der Waals surface area contributed by atoms with Crippen LogP contribution in [-0.4, -0.2) is 55.0 Å². The summed E-state index contributed by atoms with van der Waals surface area (Å²) in [6.45, 7) is 9.06. The molecule has 0 N–H and O–H groups in total. The van der Waals surface area contributed by atoms with Crippen LogP contribution in [-0.2, 0) is 19.0 Å². The molecule has 1 saturated heterocycles. The van der Waals surface area contributed by atoms with Gasteiger partial charge in [0.15, 0.2) is 0 Å². The van der Waals surface area contributed by atoms with Gasteiger partial charge in [-0.25, -0.2) is 4.79 Å². The SMILES string of the molecule is COC(=O)C1CCC(OC[C@@H]2C[C@H](C)CN2C(=O)OC(C)(C)C)CC1. The Hall–Kier alpha value is -1.30. The molecule has 144 valence electrons. The van der Waals surface area contributed by atoms with Crippen molar-refractivity contribution in [1.82, 2.24) is 4.90 Å². The molecule has 0 bridgehead atoms. The molecule has 1 aliphatic heterocycles. The van der Waals surface area contributed by atoms with E-state index < -0.39 is 5.60 Å². The fraction of sp³-hybridized carbons (Fsp3) is 0.895. The van der Waals surface area contributed by atoms with E-state index in [4.69, 9.17) is 14.2 Å². The molecule has 2 rings (SSSR count). The van der Waals surface area contributed by atoms with Gasteiger partial charge < -0.3 is 19.1 Å². The van der Waals surface area contributed by atoms with Gasteiger partial charge >= 0.3 is 12.1 Å². The van der Waals surface area contributed by atoms with Crippen LogP contribution >= 0.6 is 0 Å². The van der Waals surface area contributed by atoms with E-state index in [1.807, 2.05) is 25.7 Å². The first-order valence-corrected chi connectivity index (χ1v) is 9.38. The van der Waals surface area contributed by atoms with Crippen LogP contribution in [0.5, 0.6) is 0 Å². The molecular weight excluding hydrogens is 322 g/mol. The van der Waals surface area contributed by atoms with Crippen LogP contribution in [0.15, 0.2) is 0 Å². The van der Waals surface area contributed by atoms with Crippen molar-refractivity contribution in [3.05, 3.63) is 0 Å². The number of carbonyl (C=O) groups excluding carboxylic acids is 2. The number of nitrogens with zero attached hydrogens (tertiary/aromatic N) is 1. The number of hydrogen-bond donors (Lipinski definition) is 0. The first kappa shape index (κ1) is 20.0. The minimum atomic E-state index is -0.486. The second-order valence-electron chi connectivity index (χ2n) is 8.46. The molecule has 0 unspecified atom stereocenters. The third-order valence-corrected chi connectivity index (χ3v) is 4.98. The smallest absolute Gasteiger partial charge is 0.410 e. The lowest BCUT2D eigenvalue weighted by Crippen LogP contribution is -2.42. The van der Waals surface area contributed by atoms with Gasteiger partial charge in [-0.2, -0.15) is 0 Å². The van der Waals surface area contributed by atoms with Crippen molar-refractivity contribution in [2.75, 3.05) is 20.3 Å². The van der Waals surface area contributed by atoms with Crippen LogP contribution < -0.4 is 0 Å². The van der Waals surface area contributed by atoms with Crippen LogP contribution in [0, 0.1) is 11.8 Å². The maximum atomic E-state index is 12.4. The number of esters is 1. The molecule has 1 heterocycles. The molecule has 2 aliphatic rings. The fourth-order valence-electron chi connectivity index (χ4n) is 3.73. The minimum Gasteiger partial charge on any atom is -0.469 e. The van der Waals surface area contributed by atoms with Crippen molar-refractivity contribution >= 4 is 12.1 Å². The first-order chi connectivity index (χ1) is 11.7. The molecular formula is C19H33NO5. The summed E-state index contributed by atoms with van der Waals surface area (Å²) in [6, 6.07) is 0.0724.